The second-order valence-corrected chi connectivity index (χ2v) is 6.83. The van der Waals surface area contributed by atoms with Gasteiger partial charge in [0.2, 0.25) is 0 Å². The van der Waals surface area contributed by atoms with Gasteiger partial charge in [0, 0.05) is 12.2 Å². The Hall–Kier alpha value is -1.50. The molecule has 0 heterocycles. The van der Waals surface area contributed by atoms with Crippen molar-refractivity contribution in [3.05, 3.63) is 59.4 Å². The number of rotatable bonds is 6. The van der Waals surface area contributed by atoms with Gasteiger partial charge < -0.3 is 5.32 Å². The van der Waals surface area contributed by atoms with Crippen LogP contribution < -0.4 is 5.32 Å². The molecule has 1 nitrogen and oxygen atoms in total. The van der Waals surface area contributed by atoms with Gasteiger partial charge in [-0.15, -0.1) is 0 Å². The van der Waals surface area contributed by atoms with Crippen LogP contribution in [0.1, 0.15) is 48.0 Å². The van der Waals surface area contributed by atoms with E-state index in [-0.39, 0.29) is 0 Å². The standard InChI is InChI=1S/C20H31N/c1-8-20(6,7)18(5)13-15(2)14-21-19-11-9-16(3)17(4)10-12-19/h9-13,18,21H,3,8,14H2,1-2,4-7H3/b15-13-. The van der Waals surface area contributed by atoms with Gasteiger partial charge >= 0.3 is 0 Å². The second-order valence-electron chi connectivity index (χ2n) is 6.83. The summed E-state index contributed by atoms with van der Waals surface area (Å²) in [5, 5.41) is 3.50. The molecule has 0 fully saturated rings. The normalized spacial score (nSPS) is 18.0. The molecule has 0 saturated heterocycles. The average Bonchev–Trinajstić information content (AvgIpc) is 2.60. The van der Waals surface area contributed by atoms with Crippen LogP contribution in [0.25, 0.3) is 0 Å². The van der Waals surface area contributed by atoms with Crippen molar-refractivity contribution >= 4 is 0 Å². The highest BCUT2D eigenvalue weighted by Gasteiger charge is 2.21. The molecule has 0 saturated carbocycles. The Bertz CT molecular complexity index is 498. The van der Waals surface area contributed by atoms with Crippen molar-refractivity contribution in [3.8, 4) is 0 Å². The lowest BCUT2D eigenvalue weighted by molar-refractivity contribution is 0.265. The minimum absolute atomic E-state index is 0.361. The highest BCUT2D eigenvalue weighted by molar-refractivity contribution is 5.44. The van der Waals surface area contributed by atoms with Crippen LogP contribution in [-0.4, -0.2) is 6.54 Å². The van der Waals surface area contributed by atoms with Gasteiger partial charge in [0.25, 0.3) is 0 Å². The molecule has 1 atom stereocenters. The van der Waals surface area contributed by atoms with Gasteiger partial charge in [0.05, 0.1) is 0 Å². The van der Waals surface area contributed by atoms with Gasteiger partial charge in [0.15, 0.2) is 0 Å². The van der Waals surface area contributed by atoms with Crippen LogP contribution >= 0.6 is 0 Å². The number of nitrogens with one attached hydrogen (secondary N) is 1. The Morgan fingerprint density at radius 1 is 1.33 bits per heavy atom. The Balaban J connectivity index is 2.63. The fraction of sp³-hybridized carbons (Fsp3) is 0.500. The number of allylic oxidation sites excluding steroid dienone is 7. The molecule has 1 aliphatic carbocycles. The molecule has 0 radical (unpaired) electrons. The maximum atomic E-state index is 4.03. The summed E-state index contributed by atoms with van der Waals surface area (Å²) in [4.78, 5) is 0. The third-order valence-electron chi connectivity index (χ3n) is 4.73. The quantitative estimate of drug-likeness (QED) is 0.631. The third kappa shape index (κ3) is 5.41. The first kappa shape index (κ1) is 17.6. The van der Waals surface area contributed by atoms with E-state index in [1.54, 1.807) is 0 Å². The molecule has 1 aliphatic rings. The van der Waals surface area contributed by atoms with Gasteiger partial charge in [0.1, 0.15) is 0 Å². The van der Waals surface area contributed by atoms with Gasteiger partial charge in [-0.05, 0) is 48.5 Å². The average molecular weight is 285 g/mol. The third-order valence-corrected chi connectivity index (χ3v) is 4.73. The van der Waals surface area contributed by atoms with Crippen molar-refractivity contribution in [3.63, 3.8) is 0 Å². The molecule has 0 aromatic rings. The fourth-order valence-electron chi connectivity index (χ4n) is 2.09. The summed E-state index contributed by atoms with van der Waals surface area (Å²) in [6.07, 6.45) is 12.0. The lowest BCUT2D eigenvalue weighted by Gasteiger charge is -2.29. The Morgan fingerprint density at radius 3 is 2.62 bits per heavy atom. The topological polar surface area (TPSA) is 12.0 Å². The van der Waals surface area contributed by atoms with E-state index in [1.807, 2.05) is 0 Å². The molecule has 0 amide bonds. The van der Waals surface area contributed by atoms with Crippen molar-refractivity contribution in [2.75, 3.05) is 6.54 Å². The maximum Gasteiger partial charge on any atom is 0.0357 e. The van der Waals surface area contributed by atoms with Crippen LogP contribution in [0.3, 0.4) is 0 Å². The summed E-state index contributed by atoms with van der Waals surface area (Å²) in [7, 11) is 0. The van der Waals surface area contributed by atoms with E-state index in [9.17, 15) is 0 Å². The zero-order chi connectivity index (χ0) is 16.0. The van der Waals surface area contributed by atoms with Gasteiger partial charge in [-0.3, -0.25) is 0 Å². The maximum absolute atomic E-state index is 4.03. The summed E-state index contributed by atoms with van der Waals surface area (Å²) in [6, 6.07) is 0. The molecule has 0 bridgehead atoms. The molecule has 21 heavy (non-hydrogen) atoms. The Kier molecular flexibility index (Phi) is 6.26. The number of hydrogen-bond donors (Lipinski definition) is 1. The molecule has 0 aliphatic heterocycles. The molecular formula is C20H31N. The zero-order valence-electron chi connectivity index (χ0n) is 14.6. The fourth-order valence-corrected chi connectivity index (χ4v) is 2.09. The molecule has 0 aromatic carbocycles. The summed E-state index contributed by atoms with van der Waals surface area (Å²) in [5.74, 6) is 0.588. The van der Waals surface area contributed by atoms with E-state index < -0.39 is 0 Å². The Labute approximate surface area is 131 Å². The molecule has 0 spiro atoms. The molecule has 1 N–H and O–H groups in total. The van der Waals surface area contributed by atoms with E-state index in [1.165, 1.54) is 17.6 Å². The van der Waals surface area contributed by atoms with E-state index in [0.29, 0.717) is 11.3 Å². The predicted molar refractivity (Wildman–Crippen MR) is 95.1 cm³/mol. The first-order valence-electron chi connectivity index (χ1n) is 7.93. The Morgan fingerprint density at radius 2 is 2.00 bits per heavy atom. The largest absolute Gasteiger partial charge is 0.381 e. The van der Waals surface area contributed by atoms with Crippen LogP contribution in [0.15, 0.2) is 59.4 Å². The molecule has 1 unspecified atom stereocenters. The van der Waals surface area contributed by atoms with Crippen LogP contribution in [0.5, 0.6) is 0 Å². The summed E-state index contributed by atoms with van der Waals surface area (Å²) < 4.78 is 0. The smallest absolute Gasteiger partial charge is 0.0357 e. The lowest BCUT2D eigenvalue weighted by atomic mass is 9.77. The van der Waals surface area contributed by atoms with Crippen molar-refractivity contribution in [1.29, 1.82) is 0 Å². The first-order chi connectivity index (χ1) is 9.76. The monoisotopic (exact) mass is 285 g/mol. The SMILES string of the molecule is C=C1C=CC(NC/C(C)=C\C(C)C(C)(C)CC)=CC=C1C. The minimum atomic E-state index is 0.361. The van der Waals surface area contributed by atoms with Crippen LogP contribution in [0.4, 0.5) is 0 Å². The summed E-state index contributed by atoms with van der Waals surface area (Å²) >= 11 is 0. The van der Waals surface area contributed by atoms with E-state index in [4.69, 9.17) is 0 Å². The predicted octanol–water partition coefficient (Wildman–Crippen LogP) is 5.55. The zero-order valence-corrected chi connectivity index (χ0v) is 14.6. The van der Waals surface area contributed by atoms with E-state index in [2.05, 4.69) is 83.8 Å². The molecule has 0 aromatic heterocycles. The summed E-state index contributed by atoms with van der Waals surface area (Å²) in [6.45, 7) is 18.5. The van der Waals surface area contributed by atoms with Crippen LogP contribution in [-0.2, 0) is 0 Å². The van der Waals surface area contributed by atoms with E-state index >= 15 is 0 Å². The van der Waals surface area contributed by atoms with Gasteiger partial charge in [-0.1, -0.05) is 64.5 Å². The van der Waals surface area contributed by atoms with Crippen molar-refractivity contribution in [2.24, 2.45) is 11.3 Å². The molecule has 1 heteroatoms. The van der Waals surface area contributed by atoms with Crippen molar-refractivity contribution < 1.29 is 0 Å². The highest BCUT2D eigenvalue weighted by atomic mass is 14.9. The molecular weight excluding hydrogens is 254 g/mol. The highest BCUT2D eigenvalue weighted by Crippen LogP contribution is 2.31. The second kappa shape index (κ2) is 7.49. The van der Waals surface area contributed by atoms with Crippen molar-refractivity contribution in [2.45, 2.75) is 48.0 Å². The van der Waals surface area contributed by atoms with Crippen LogP contribution in [0.2, 0.25) is 0 Å². The molecule has 116 valence electrons. The van der Waals surface area contributed by atoms with E-state index in [0.717, 1.165) is 17.8 Å². The number of hydrogen-bond acceptors (Lipinski definition) is 1. The first-order valence-corrected chi connectivity index (χ1v) is 7.93. The molecule has 1 rings (SSSR count). The van der Waals surface area contributed by atoms with Gasteiger partial charge in [-0.2, -0.15) is 0 Å². The summed E-state index contributed by atoms with van der Waals surface area (Å²) in [5.41, 5.74) is 5.19. The van der Waals surface area contributed by atoms with Gasteiger partial charge in [-0.25, -0.2) is 0 Å². The minimum Gasteiger partial charge on any atom is -0.381 e. The van der Waals surface area contributed by atoms with Crippen LogP contribution in [0, 0.1) is 11.3 Å². The lowest BCUT2D eigenvalue weighted by Crippen LogP contribution is -2.20. The van der Waals surface area contributed by atoms with Crippen molar-refractivity contribution in [1.82, 2.24) is 5.32 Å².